The van der Waals surface area contributed by atoms with Crippen molar-refractivity contribution in [2.45, 2.75) is 33.4 Å². The molecule has 0 saturated heterocycles. The van der Waals surface area contributed by atoms with Crippen molar-refractivity contribution in [3.8, 4) is 5.75 Å². The highest BCUT2D eigenvalue weighted by molar-refractivity contribution is 6.31. The summed E-state index contributed by atoms with van der Waals surface area (Å²) in [5.74, 6) is 1.78. The molecule has 3 aromatic rings. The maximum absolute atomic E-state index is 6.12. The van der Waals surface area contributed by atoms with E-state index in [-0.39, 0.29) is 0 Å². The molecule has 1 heterocycles. The summed E-state index contributed by atoms with van der Waals surface area (Å²) in [6.45, 7) is 6.10. The number of benzene rings is 2. The summed E-state index contributed by atoms with van der Waals surface area (Å²) in [6.07, 6.45) is 0.918. The van der Waals surface area contributed by atoms with Crippen molar-refractivity contribution in [3.05, 3.63) is 58.4 Å². The zero-order chi connectivity index (χ0) is 17.8. The highest BCUT2D eigenvalue weighted by Gasteiger charge is 2.12. The van der Waals surface area contributed by atoms with E-state index in [2.05, 4.69) is 30.5 Å². The van der Waals surface area contributed by atoms with E-state index in [1.807, 2.05) is 24.3 Å². The number of hydrogen-bond acceptors (Lipinski definition) is 3. The molecule has 0 bridgehead atoms. The summed E-state index contributed by atoms with van der Waals surface area (Å²) < 4.78 is 13.4. The molecule has 0 amide bonds. The van der Waals surface area contributed by atoms with E-state index in [4.69, 9.17) is 26.1 Å². The Balaban J connectivity index is 1.86. The van der Waals surface area contributed by atoms with Gasteiger partial charge in [0.1, 0.15) is 18.2 Å². The van der Waals surface area contributed by atoms with Crippen LogP contribution < -0.4 is 4.74 Å². The van der Waals surface area contributed by atoms with Crippen molar-refractivity contribution in [2.24, 2.45) is 0 Å². The smallest absolute Gasteiger partial charge is 0.148 e. The molecule has 25 heavy (non-hydrogen) atoms. The van der Waals surface area contributed by atoms with Crippen LogP contribution in [0.4, 0.5) is 0 Å². The minimum absolute atomic E-state index is 0.420. The number of methoxy groups -OCH3 is 1. The zero-order valence-corrected chi connectivity index (χ0v) is 15.6. The standard InChI is InChI=1S/C20H23ClN2O2/c1-14-5-8-19(15(2)11-14)25-13-20-22-17-12-16(21)6-7-18(17)23(20)9-4-10-24-3/h5-8,11-12H,4,9-10,13H2,1-3H3. The molecule has 0 unspecified atom stereocenters. The predicted molar refractivity (Wildman–Crippen MR) is 101 cm³/mol. The summed E-state index contributed by atoms with van der Waals surface area (Å²) in [6, 6.07) is 12.0. The summed E-state index contributed by atoms with van der Waals surface area (Å²) in [5, 5.41) is 0.691. The molecule has 4 nitrogen and oxygen atoms in total. The number of ether oxygens (including phenoxy) is 2. The highest BCUT2D eigenvalue weighted by atomic mass is 35.5. The summed E-state index contributed by atoms with van der Waals surface area (Å²) in [7, 11) is 1.72. The number of aryl methyl sites for hydroxylation is 3. The Hall–Kier alpha value is -2.04. The Morgan fingerprint density at radius 1 is 1.12 bits per heavy atom. The first-order chi connectivity index (χ1) is 12.1. The maximum atomic E-state index is 6.12. The van der Waals surface area contributed by atoms with Crippen molar-refractivity contribution in [1.29, 1.82) is 0 Å². The van der Waals surface area contributed by atoms with Crippen LogP contribution in [0.25, 0.3) is 11.0 Å². The first-order valence-corrected chi connectivity index (χ1v) is 8.80. The molecule has 0 saturated carbocycles. The monoisotopic (exact) mass is 358 g/mol. The van der Waals surface area contributed by atoms with Gasteiger partial charge >= 0.3 is 0 Å². The van der Waals surface area contributed by atoms with Crippen LogP contribution in [0.15, 0.2) is 36.4 Å². The molecule has 0 aliphatic rings. The van der Waals surface area contributed by atoms with Crippen LogP contribution in [0.5, 0.6) is 5.75 Å². The number of halogens is 1. The molecule has 1 aromatic heterocycles. The molecular weight excluding hydrogens is 336 g/mol. The maximum Gasteiger partial charge on any atom is 0.148 e. The molecule has 0 radical (unpaired) electrons. The Labute approximate surface area is 153 Å². The summed E-state index contributed by atoms with van der Waals surface area (Å²) in [5.41, 5.74) is 4.32. The third-order valence-corrected chi connectivity index (χ3v) is 4.44. The fraction of sp³-hybridized carbons (Fsp3) is 0.350. The van der Waals surface area contributed by atoms with Gasteiger partial charge in [0, 0.05) is 25.3 Å². The van der Waals surface area contributed by atoms with Crippen LogP contribution in [-0.4, -0.2) is 23.3 Å². The summed E-state index contributed by atoms with van der Waals surface area (Å²) >= 11 is 6.12. The van der Waals surface area contributed by atoms with E-state index in [9.17, 15) is 0 Å². The first-order valence-electron chi connectivity index (χ1n) is 8.42. The van der Waals surface area contributed by atoms with Crippen molar-refractivity contribution in [3.63, 3.8) is 0 Å². The fourth-order valence-electron chi connectivity index (χ4n) is 2.98. The van der Waals surface area contributed by atoms with Crippen LogP contribution in [0.3, 0.4) is 0 Å². The second kappa shape index (κ2) is 7.89. The van der Waals surface area contributed by atoms with Gasteiger partial charge < -0.3 is 14.0 Å². The Morgan fingerprint density at radius 2 is 1.96 bits per heavy atom. The molecule has 0 aliphatic heterocycles. The van der Waals surface area contributed by atoms with Gasteiger partial charge in [-0.3, -0.25) is 0 Å². The number of nitrogens with zero attached hydrogens (tertiary/aromatic N) is 2. The molecule has 0 fully saturated rings. The lowest BCUT2D eigenvalue weighted by Gasteiger charge is -2.12. The Morgan fingerprint density at radius 3 is 2.72 bits per heavy atom. The quantitative estimate of drug-likeness (QED) is 0.562. The molecule has 2 aromatic carbocycles. The topological polar surface area (TPSA) is 36.3 Å². The molecule has 0 aliphatic carbocycles. The summed E-state index contributed by atoms with van der Waals surface area (Å²) in [4.78, 5) is 4.73. The minimum atomic E-state index is 0.420. The van der Waals surface area contributed by atoms with E-state index in [0.29, 0.717) is 18.2 Å². The average Bonchev–Trinajstić information content (AvgIpc) is 2.91. The van der Waals surface area contributed by atoms with Gasteiger partial charge in [0.05, 0.1) is 11.0 Å². The number of hydrogen-bond donors (Lipinski definition) is 0. The van der Waals surface area contributed by atoms with Gasteiger partial charge in [-0.15, -0.1) is 0 Å². The number of rotatable bonds is 7. The van der Waals surface area contributed by atoms with Crippen molar-refractivity contribution < 1.29 is 9.47 Å². The van der Waals surface area contributed by atoms with E-state index < -0.39 is 0 Å². The number of imidazole rings is 1. The fourth-order valence-corrected chi connectivity index (χ4v) is 3.15. The lowest BCUT2D eigenvalue weighted by molar-refractivity contribution is 0.189. The molecule has 0 N–H and O–H groups in total. The van der Waals surface area contributed by atoms with Gasteiger partial charge in [0.15, 0.2) is 0 Å². The second-order valence-corrected chi connectivity index (χ2v) is 6.65. The average molecular weight is 359 g/mol. The van der Waals surface area contributed by atoms with Crippen molar-refractivity contribution >= 4 is 22.6 Å². The lowest BCUT2D eigenvalue weighted by atomic mass is 10.1. The molecule has 132 valence electrons. The van der Waals surface area contributed by atoms with Crippen LogP contribution in [0.1, 0.15) is 23.4 Å². The Bertz CT molecular complexity index is 874. The van der Waals surface area contributed by atoms with Crippen LogP contribution in [-0.2, 0) is 17.9 Å². The van der Waals surface area contributed by atoms with Gasteiger partial charge in [-0.1, -0.05) is 29.3 Å². The van der Waals surface area contributed by atoms with E-state index in [1.54, 1.807) is 7.11 Å². The lowest BCUT2D eigenvalue weighted by Crippen LogP contribution is -2.09. The van der Waals surface area contributed by atoms with Gasteiger partial charge in [-0.05, 0) is 50.1 Å². The van der Waals surface area contributed by atoms with Crippen molar-refractivity contribution in [1.82, 2.24) is 9.55 Å². The molecule has 3 rings (SSSR count). The van der Waals surface area contributed by atoms with Crippen molar-refractivity contribution in [2.75, 3.05) is 13.7 Å². The molecule has 0 atom stereocenters. The SMILES string of the molecule is COCCCn1c(COc2ccc(C)cc2C)nc2cc(Cl)ccc21. The number of fused-ring (bicyclic) bond motifs is 1. The van der Waals surface area contributed by atoms with E-state index in [0.717, 1.165) is 41.1 Å². The van der Waals surface area contributed by atoms with Gasteiger partial charge in [0.25, 0.3) is 0 Å². The first kappa shape index (κ1) is 17.8. The van der Waals surface area contributed by atoms with Gasteiger partial charge in [0.2, 0.25) is 0 Å². The van der Waals surface area contributed by atoms with E-state index in [1.165, 1.54) is 5.56 Å². The third kappa shape index (κ3) is 4.14. The van der Waals surface area contributed by atoms with Gasteiger partial charge in [-0.25, -0.2) is 4.98 Å². The van der Waals surface area contributed by atoms with E-state index >= 15 is 0 Å². The minimum Gasteiger partial charge on any atom is -0.485 e. The molecule has 5 heteroatoms. The predicted octanol–water partition coefficient (Wildman–Crippen LogP) is 4.92. The normalized spacial score (nSPS) is 11.2. The van der Waals surface area contributed by atoms with Crippen LogP contribution >= 0.6 is 11.6 Å². The Kier molecular flexibility index (Phi) is 5.61. The van der Waals surface area contributed by atoms with Crippen LogP contribution in [0.2, 0.25) is 5.02 Å². The highest BCUT2D eigenvalue weighted by Crippen LogP contribution is 2.24. The number of aromatic nitrogens is 2. The van der Waals surface area contributed by atoms with Crippen LogP contribution in [0, 0.1) is 13.8 Å². The van der Waals surface area contributed by atoms with Gasteiger partial charge in [-0.2, -0.15) is 0 Å². The largest absolute Gasteiger partial charge is 0.485 e. The molecular formula is C20H23ClN2O2. The second-order valence-electron chi connectivity index (χ2n) is 6.22. The zero-order valence-electron chi connectivity index (χ0n) is 14.9. The molecule has 0 spiro atoms. The third-order valence-electron chi connectivity index (χ3n) is 4.21.